The van der Waals surface area contributed by atoms with Crippen LogP contribution in [0, 0.1) is 12.8 Å². The molecule has 1 fully saturated rings. The Morgan fingerprint density at radius 1 is 1.26 bits per heavy atom. The molecule has 0 unspecified atom stereocenters. The van der Waals surface area contributed by atoms with Gasteiger partial charge in [0, 0.05) is 50.7 Å². The van der Waals surface area contributed by atoms with E-state index in [-0.39, 0.29) is 11.7 Å². The number of aliphatic hydroxyl groups is 1. The van der Waals surface area contributed by atoms with Crippen molar-refractivity contribution in [3.05, 3.63) is 51.9 Å². The van der Waals surface area contributed by atoms with Gasteiger partial charge in [-0.2, -0.15) is 0 Å². The molecule has 0 aliphatic carbocycles. The zero-order valence-electron chi connectivity index (χ0n) is 23.1. The summed E-state index contributed by atoms with van der Waals surface area (Å²) < 4.78 is 14.9. The second kappa shape index (κ2) is 12.2. The maximum Gasteiger partial charge on any atom is 0.326 e. The van der Waals surface area contributed by atoms with Gasteiger partial charge < -0.3 is 23.7 Å². The van der Waals surface area contributed by atoms with Crippen molar-refractivity contribution in [3.63, 3.8) is 0 Å². The average molecular weight is 525 g/mol. The summed E-state index contributed by atoms with van der Waals surface area (Å²) in [4.78, 5) is 29.9. The molecule has 1 aliphatic rings. The summed E-state index contributed by atoms with van der Waals surface area (Å²) in [5.41, 5.74) is 4.35. The summed E-state index contributed by atoms with van der Waals surface area (Å²) >= 11 is 0. The molecule has 0 saturated carbocycles. The Morgan fingerprint density at radius 3 is 2.66 bits per heavy atom. The van der Waals surface area contributed by atoms with Crippen molar-refractivity contribution in [1.82, 2.24) is 19.4 Å². The van der Waals surface area contributed by atoms with E-state index in [0.717, 1.165) is 60.6 Å². The van der Waals surface area contributed by atoms with E-state index in [1.165, 1.54) is 0 Å². The molecule has 9 nitrogen and oxygen atoms in total. The van der Waals surface area contributed by atoms with Gasteiger partial charge >= 0.3 is 5.97 Å². The van der Waals surface area contributed by atoms with Gasteiger partial charge in [0.2, 0.25) is 0 Å². The molecule has 3 atom stereocenters. The molecule has 0 amide bonds. The van der Waals surface area contributed by atoms with Crippen molar-refractivity contribution in [2.75, 3.05) is 13.2 Å². The van der Waals surface area contributed by atoms with Crippen LogP contribution in [0.4, 0.5) is 0 Å². The van der Waals surface area contributed by atoms with E-state index < -0.39 is 18.1 Å². The molecule has 2 aromatic heterocycles. The van der Waals surface area contributed by atoms with Gasteiger partial charge in [0.1, 0.15) is 11.9 Å². The van der Waals surface area contributed by atoms with Gasteiger partial charge in [-0.1, -0.05) is 13.0 Å². The highest BCUT2D eigenvalue weighted by Crippen LogP contribution is 2.29. The second-order valence-corrected chi connectivity index (χ2v) is 10.5. The number of carbonyl (C=O) groups is 1. The predicted molar refractivity (Wildman–Crippen MR) is 147 cm³/mol. The number of aliphatic hydroxyl groups excluding tert-OH is 1. The first kappa shape index (κ1) is 28.0. The fourth-order valence-corrected chi connectivity index (χ4v) is 4.91. The van der Waals surface area contributed by atoms with E-state index in [1.54, 1.807) is 18.5 Å². The molecular formula is C29H40N4O5. The number of aryl methyl sites for hydroxylation is 2. The van der Waals surface area contributed by atoms with Crippen LogP contribution in [-0.2, 0) is 34.4 Å². The SMILES string of the molecule is CC[C@H](C)OC(=O)[C@@H](NCc1ccc2c(c1)nc(-c1cc(C)c(=O)n(C)c1)n2CC1CCOCC1)[C@H](C)O. The molecule has 9 heteroatoms. The van der Waals surface area contributed by atoms with Crippen LogP contribution in [0.3, 0.4) is 0 Å². The third-order valence-electron chi connectivity index (χ3n) is 7.37. The molecule has 0 spiro atoms. The highest BCUT2D eigenvalue weighted by molar-refractivity contribution is 5.81. The van der Waals surface area contributed by atoms with Gasteiger partial charge in [-0.15, -0.1) is 0 Å². The van der Waals surface area contributed by atoms with E-state index in [4.69, 9.17) is 14.5 Å². The van der Waals surface area contributed by atoms with Gasteiger partial charge in [0.15, 0.2) is 0 Å². The van der Waals surface area contributed by atoms with Gasteiger partial charge in [0.25, 0.3) is 5.56 Å². The zero-order chi connectivity index (χ0) is 27.4. The third-order valence-corrected chi connectivity index (χ3v) is 7.37. The first-order chi connectivity index (χ1) is 18.2. The van der Waals surface area contributed by atoms with Crippen LogP contribution < -0.4 is 10.9 Å². The molecule has 3 heterocycles. The number of hydrogen-bond acceptors (Lipinski definition) is 7. The second-order valence-electron chi connectivity index (χ2n) is 10.5. The quantitative estimate of drug-likeness (QED) is 0.392. The Labute approximate surface area is 223 Å². The van der Waals surface area contributed by atoms with Crippen LogP contribution >= 0.6 is 0 Å². The Bertz CT molecular complexity index is 1300. The maximum absolute atomic E-state index is 12.6. The number of fused-ring (bicyclic) bond motifs is 1. The molecular weight excluding hydrogens is 484 g/mol. The lowest BCUT2D eigenvalue weighted by molar-refractivity contribution is -0.153. The standard InChI is InChI=1S/C29H40N4O5/c1-6-19(3)38-29(36)26(20(4)34)30-15-22-7-8-25-24(14-22)31-27(23-13-18(2)28(35)32(5)17-23)33(25)16-21-9-11-37-12-10-21/h7-8,13-14,17,19-21,26,30,34H,6,9-12,15-16H2,1-5H3/t19-,20-,26-/m0/s1. The number of hydrogen-bond donors (Lipinski definition) is 2. The van der Waals surface area contributed by atoms with Gasteiger partial charge in [-0.3, -0.25) is 14.9 Å². The molecule has 3 aromatic rings. The molecule has 1 aliphatic heterocycles. The normalized spacial score (nSPS) is 16.9. The summed E-state index contributed by atoms with van der Waals surface area (Å²) in [6.45, 7) is 9.93. The lowest BCUT2D eigenvalue weighted by Gasteiger charge is -2.23. The molecule has 2 N–H and O–H groups in total. The Morgan fingerprint density at radius 2 is 2.00 bits per heavy atom. The van der Waals surface area contributed by atoms with Crippen LogP contribution in [0.15, 0.2) is 35.3 Å². The number of esters is 1. The van der Waals surface area contributed by atoms with Crippen molar-refractivity contribution < 1.29 is 19.4 Å². The molecule has 4 rings (SSSR count). The van der Waals surface area contributed by atoms with Crippen molar-refractivity contribution >= 4 is 17.0 Å². The molecule has 206 valence electrons. The number of pyridine rings is 1. The van der Waals surface area contributed by atoms with Gasteiger partial charge in [-0.25, -0.2) is 4.98 Å². The van der Waals surface area contributed by atoms with Crippen LogP contribution in [0.5, 0.6) is 0 Å². The fraction of sp³-hybridized carbons (Fsp3) is 0.552. The number of carbonyl (C=O) groups excluding carboxylic acids is 1. The van der Waals surface area contributed by atoms with Crippen LogP contribution in [0.25, 0.3) is 22.4 Å². The average Bonchev–Trinajstić information content (AvgIpc) is 3.24. The summed E-state index contributed by atoms with van der Waals surface area (Å²) in [5.74, 6) is 0.857. The Balaban J connectivity index is 1.65. The fourth-order valence-electron chi connectivity index (χ4n) is 4.91. The van der Waals surface area contributed by atoms with Crippen molar-refractivity contribution in [3.8, 4) is 11.4 Å². The highest BCUT2D eigenvalue weighted by Gasteiger charge is 2.26. The number of nitrogens with one attached hydrogen (secondary N) is 1. The smallest absolute Gasteiger partial charge is 0.326 e. The van der Waals surface area contributed by atoms with E-state index in [1.807, 2.05) is 45.2 Å². The zero-order valence-corrected chi connectivity index (χ0v) is 23.1. The van der Waals surface area contributed by atoms with Gasteiger partial charge in [0.05, 0.1) is 23.2 Å². The van der Waals surface area contributed by atoms with Crippen LogP contribution in [0.2, 0.25) is 0 Å². The van der Waals surface area contributed by atoms with E-state index in [0.29, 0.717) is 24.4 Å². The van der Waals surface area contributed by atoms with Crippen molar-refractivity contribution in [1.29, 1.82) is 0 Å². The van der Waals surface area contributed by atoms with E-state index >= 15 is 0 Å². The summed E-state index contributed by atoms with van der Waals surface area (Å²) in [7, 11) is 1.76. The monoisotopic (exact) mass is 524 g/mol. The number of imidazole rings is 1. The summed E-state index contributed by atoms with van der Waals surface area (Å²) in [6.07, 6.45) is 3.45. The van der Waals surface area contributed by atoms with Crippen molar-refractivity contribution in [2.45, 2.75) is 78.3 Å². The van der Waals surface area contributed by atoms with E-state index in [2.05, 4.69) is 16.0 Å². The molecule has 1 aromatic carbocycles. The lowest BCUT2D eigenvalue weighted by atomic mass is 10.00. The lowest BCUT2D eigenvalue weighted by Crippen LogP contribution is -2.46. The van der Waals surface area contributed by atoms with E-state index in [9.17, 15) is 14.7 Å². The van der Waals surface area contributed by atoms with Gasteiger partial charge in [-0.05, 0) is 69.7 Å². The Kier molecular flexibility index (Phi) is 9.02. The highest BCUT2D eigenvalue weighted by atomic mass is 16.5. The minimum Gasteiger partial charge on any atom is -0.461 e. The minimum atomic E-state index is -0.895. The van der Waals surface area contributed by atoms with Crippen LogP contribution in [-0.4, -0.2) is 56.7 Å². The Hall–Kier alpha value is -3.01. The number of nitrogens with zero attached hydrogens (tertiary/aromatic N) is 3. The molecule has 0 radical (unpaired) electrons. The van der Waals surface area contributed by atoms with Crippen LogP contribution in [0.1, 0.15) is 51.2 Å². The molecule has 38 heavy (non-hydrogen) atoms. The molecule has 1 saturated heterocycles. The number of rotatable bonds is 10. The maximum atomic E-state index is 12.6. The number of benzene rings is 1. The number of ether oxygens (including phenoxy) is 2. The predicted octanol–water partition coefficient (Wildman–Crippen LogP) is 3.32. The molecule has 0 bridgehead atoms. The largest absolute Gasteiger partial charge is 0.461 e. The topological polar surface area (TPSA) is 108 Å². The first-order valence-electron chi connectivity index (χ1n) is 13.5. The van der Waals surface area contributed by atoms with Crippen molar-refractivity contribution in [2.24, 2.45) is 13.0 Å². The first-order valence-corrected chi connectivity index (χ1v) is 13.5. The third kappa shape index (κ3) is 6.34. The number of aromatic nitrogens is 3. The summed E-state index contributed by atoms with van der Waals surface area (Å²) in [6, 6.07) is 7.18. The summed E-state index contributed by atoms with van der Waals surface area (Å²) in [5, 5.41) is 13.3. The minimum absolute atomic E-state index is 0.0197.